The highest BCUT2D eigenvalue weighted by Gasteiger charge is 2.09. The maximum atomic E-state index is 10.8. The lowest BCUT2D eigenvalue weighted by atomic mass is 10.1. The number of aryl methyl sites for hydroxylation is 1. The average Bonchev–Trinajstić information content (AvgIpc) is 2.83. The van der Waals surface area contributed by atoms with Crippen LogP contribution >= 0.6 is 0 Å². The van der Waals surface area contributed by atoms with Crippen molar-refractivity contribution in [3.63, 3.8) is 0 Å². The Morgan fingerprint density at radius 1 is 1.12 bits per heavy atom. The quantitative estimate of drug-likeness (QED) is 0.220. The van der Waals surface area contributed by atoms with Crippen LogP contribution in [0.4, 0.5) is 0 Å². The second-order valence-corrected chi connectivity index (χ2v) is 6.23. The molecule has 0 bridgehead atoms. The van der Waals surface area contributed by atoms with Gasteiger partial charge in [-0.3, -0.25) is 4.79 Å². The van der Waals surface area contributed by atoms with Gasteiger partial charge < -0.3 is 19.2 Å². The van der Waals surface area contributed by atoms with Crippen molar-refractivity contribution in [3.05, 3.63) is 91.5 Å². The van der Waals surface area contributed by atoms with Gasteiger partial charge in [0.1, 0.15) is 11.6 Å². The summed E-state index contributed by atoms with van der Waals surface area (Å²) in [5, 5.41) is 25.4. The molecular weight excluding hydrogens is 436 g/mol. The molecule has 1 aromatic heterocycles. The number of nitrogens with one attached hydrogen (secondary N) is 1. The lowest BCUT2D eigenvalue weighted by molar-refractivity contribution is -0.100. The van der Waals surface area contributed by atoms with E-state index in [1.807, 2.05) is 12.1 Å². The van der Waals surface area contributed by atoms with E-state index in [2.05, 4.69) is 19.4 Å². The molecule has 0 aliphatic rings. The molecule has 0 unspecified atom stereocenters. The fourth-order valence-electron chi connectivity index (χ4n) is 1.99. The number of allylic oxidation sites excluding steroid dienone is 4. The molecule has 176 valence electrons. The molecule has 1 N–H and O–H groups in total. The summed E-state index contributed by atoms with van der Waals surface area (Å²) in [5.74, 6) is 0. The summed E-state index contributed by atoms with van der Waals surface area (Å²) >= 11 is 0. The van der Waals surface area contributed by atoms with Gasteiger partial charge in [-0.1, -0.05) is 12.5 Å². The van der Waals surface area contributed by atoms with Crippen LogP contribution in [0.5, 0.6) is 0 Å². The van der Waals surface area contributed by atoms with Crippen LogP contribution in [-0.4, -0.2) is 32.6 Å². The minimum atomic E-state index is -0.384. The van der Waals surface area contributed by atoms with Crippen LogP contribution in [0.1, 0.15) is 31.4 Å². The van der Waals surface area contributed by atoms with Crippen LogP contribution in [0.2, 0.25) is 0 Å². The van der Waals surface area contributed by atoms with Crippen LogP contribution in [-0.2, 0) is 14.2 Å². The standard InChI is InChI=1S/C9H12N2O2.C8H8N2O.C7H6N2O/c1-7(8(6-10)11-2)5-9(12-3)13-4;1-7(4-5-11-3)8(6-9)10-2;1-5-2-3-9-7(10)6(5)4-8/h9H,5H2,1,3-4H3;4-5H,1,3H3;2-3H,1H3,(H,9,10)/b8-7+;5-4+,8-7+;. The van der Waals surface area contributed by atoms with Gasteiger partial charge in [0.2, 0.25) is 0 Å². The van der Waals surface area contributed by atoms with Crippen molar-refractivity contribution in [2.75, 3.05) is 21.3 Å². The summed E-state index contributed by atoms with van der Waals surface area (Å²) in [5.41, 5.74) is 2.10. The van der Waals surface area contributed by atoms with E-state index < -0.39 is 0 Å². The van der Waals surface area contributed by atoms with E-state index in [9.17, 15) is 4.79 Å². The number of hydrogen-bond acceptors (Lipinski definition) is 7. The zero-order valence-corrected chi connectivity index (χ0v) is 20.0. The van der Waals surface area contributed by atoms with Crippen molar-refractivity contribution in [3.8, 4) is 18.2 Å². The van der Waals surface area contributed by atoms with Crippen LogP contribution in [0, 0.1) is 54.1 Å². The molecule has 0 aromatic carbocycles. The first-order chi connectivity index (χ1) is 16.2. The first kappa shape index (κ1) is 31.5. The molecule has 0 amide bonds. The largest absolute Gasteiger partial charge is 0.504 e. The van der Waals surface area contributed by atoms with E-state index in [0.29, 0.717) is 23.1 Å². The van der Waals surface area contributed by atoms with Crippen LogP contribution in [0.3, 0.4) is 0 Å². The van der Waals surface area contributed by atoms with Gasteiger partial charge in [0.25, 0.3) is 17.0 Å². The van der Waals surface area contributed by atoms with Crippen molar-refractivity contribution in [2.24, 2.45) is 0 Å². The molecule has 0 aliphatic heterocycles. The van der Waals surface area contributed by atoms with E-state index >= 15 is 0 Å². The Morgan fingerprint density at radius 2 is 1.68 bits per heavy atom. The number of nitriles is 3. The number of methoxy groups -OCH3 is 3. The molecule has 10 heteroatoms. The number of aromatic nitrogens is 1. The maximum Gasteiger partial charge on any atom is 0.266 e. The van der Waals surface area contributed by atoms with E-state index in [1.165, 1.54) is 33.8 Å². The fraction of sp³-hybridized carbons (Fsp3) is 0.333. The van der Waals surface area contributed by atoms with Gasteiger partial charge in [-0.2, -0.15) is 5.26 Å². The molecule has 0 saturated carbocycles. The van der Waals surface area contributed by atoms with Gasteiger partial charge in [0, 0.05) is 26.8 Å². The number of nitrogens with zero attached hydrogens (tertiary/aromatic N) is 5. The summed E-state index contributed by atoms with van der Waals surface area (Å²) in [6.07, 6.45) is 4.59. The molecule has 1 rings (SSSR count). The van der Waals surface area contributed by atoms with Crippen LogP contribution < -0.4 is 5.56 Å². The van der Waals surface area contributed by atoms with Crippen molar-refractivity contribution < 1.29 is 14.2 Å². The van der Waals surface area contributed by atoms with Crippen molar-refractivity contribution >= 4 is 0 Å². The summed E-state index contributed by atoms with van der Waals surface area (Å²) in [6.45, 7) is 18.4. The fourth-order valence-corrected chi connectivity index (χ4v) is 1.99. The van der Waals surface area contributed by atoms with E-state index in [1.54, 1.807) is 39.0 Å². The predicted molar refractivity (Wildman–Crippen MR) is 125 cm³/mol. The third-order valence-corrected chi connectivity index (χ3v) is 3.95. The maximum absolute atomic E-state index is 10.8. The number of ether oxygens (including phenoxy) is 3. The van der Waals surface area contributed by atoms with Crippen LogP contribution in [0.15, 0.2) is 51.9 Å². The first-order valence-corrected chi connectivity index (χ1v) is 9.50. The zero-order chi connectivity index (χ0) is 26.5. The molecule has 1 aromatic rings. The average molecular weight is 463 g/mol. The molecule has 34 heavy (non-hydrogen) atoms. The Labute approximate surface area is 199 Å². The highest BCUT2D eigenvalue weighted by molar-refractivity contribution is 5.37. The Morgan fingerprint density at radius 3 is 2.03 bits per heavy atom. The summed E-state index contributed by atoms with van der Waals surface area (Å²) < 4.78 is 14.5. The lowest BCUT2D eigenvalue weighted by Gasteiger charge is -2.13. The smallest absolute Gasteiger partial charge is 0.266 e. The van der Waals surface area contributed by atoms with Gasteiger partial charge in [0.15, 0.2) is 6.29 Å². The Balaban J connectivity index is 0. The molecule has 0 spiro atoms. The van der Waals surface area contributed by atoms with Gasteiger partial charge >= 0.3 is 0 Å². The lowest BCUT2D eigenvalue weighted by Crippen LogP contribution is -2.13. The SMILES string of the molecule is Cc1cc[nH]c(=O)c1C#N.[C-]#[N+]/C(C#N)=C(C)/C=C/OC.[C-]#[N+]/C(C#N)=C(\C)CC(OC)OC. The second-order valence-electron chi connectivity index (χ2n) is 6.23. The topological polar surface area (TPSA) is 141 Å². The molecule has 0 radical (unpaired) electrons. The van der Waals surface area contributed by atoms with E-state index in [0.717, 1.165) is 0 Å². The monoisotopic (exact) mass is 462 g/mol. The van der Waals surface area contributed by atoms with Gasteiger partial charge in [-0.05, 0) is 37.1 Å². The number of pyridine rings is 1. The number of H-pyrrole nitrogens is 1. The molecule has 0 saturated heterocycles. The normalized spacial score (nSPS) is 10.9. The van der Waals surface area contributed by atoms with Crippen molar-refractivity contribution in [1.82, 2.24) is 4.98 Å². The summed E-state index contributed by atoms with van der Waals surface area (Å²) in [7, 11) is 4.55. The minimum Gasteiger partial charge on any atom is -0.504 e. The van der Waals surface area contributed by atoms with Gasteiger partial charge in [-0.15, -0.1) is 0 Å². The number of rotatable bonds is 6. The third kappa shape index (κ3) is 12.3. The highest BCUT2D eigenvalue weighted by Crippen LogP contribution is 2.13. The molecule has 10 nitrogen and oxygen atoms in total. The second kappa shape index (κ2) is 19.1. The number of aromatic amines is 1. The minimum absolute atomic E-state index is 0.0956. The number of hydrogen-bond donors (Lipinski definition) is 1. The Hall–Kier alpha value is -4.66. The van der Waals surface area contributed by atoms with Crippen LogP contribution in [0.25, 0.3) is 9.69 Å². The first-order valence-electron chi connectivity index (χ1n) is 9.50. The summed E-state index contributed by atoms with van der Waals surface area (Å²) in [6, 6.07) is 7.11. The Kier molecular flexibility index (Phi) is 17.7. The predicted octanol–water partition coefficient (Wildman–Crippen LogP) is 4.13. The molecule has 1 heterocycles. The van der Waals surface area contributed by atoms with E-state index in [4.69, 9.17) is 38.4 Å². The van der Waals surface area contributed by atoms with Crippen molar-refractivity contribution in [1.29, 1.82) is 15.8 Å². The summed E-state index contributed by atoms with van der Waals surface area (Å²) in [4.78, 5) is 19.3. The third-order valence-electron chi connectivity index (χ3n) is 3.95. The zero-order valence-electron chi connectivity index (χ0n) is 20.0. The molecule has 0 aliphatic carbocycles. The Bertz CT molecular complexity index is 1120. The highest BCUT2D eigenvalue weighted by atomic mass is 16.7. The van der Waals surface area contributed by atoms with Gasteiger partial charge in [-0.25, -0.2) is 20.2 Å². The van der Waals surface area contributed by atoms with E-state index in [-0.39, 0.29) is 28.8 Å². The van der Waals surface area contributed by atoms with Crippen molar-refractivity contribution in [2.45, 2.75) is 33.5 Å². The molecular formula is C24H26N6O4. The van der Waals surface area contributed by atoms with Gasteiger partial charge in [0.05, 0.1) is 38.7 Å². The molecule has 0 fully saturated rings. The molecule has 0 atom stereocenters.